The Morgan fingerprint density at radius 3 is 2.50 bits per heavy atom. The van der Waals surface area contributed by atoms with E-state index < -0.39 is 0 Å². The highest BCUT2D eigenvalue weighted by atomic mass is 16.3. The first-order valence-electron chi connectivity index (χ1n) is 6.35. The molecule has 1 atom stereocenters. The number of phenolic OH excluding ortho intramolecular Hbond substituents is 1. The molecule has 0 fully saturated rings. The third kappa shape index (κ3) is 2.73. The fraction of sp³-hybridized carbons (Fsp3) is 0.188. The van der Waals surface area contributed by atoms with Crippen LogP contribution in [0.1, 0.15) is 24.1 Å². The van der Waals surface area contributed by atoms with Crippen LogP contribution in [0.5, 0.6) is 5.75 Å². The monoisotopic (exact) mass is 267 g/mol. The summed E-state index contributed by atoms with van der Waals surface area (Å²) in [6, 6.07) is 14.6. The van der Waals surface area contributed by atoms with Gasteiger partial charge in [0.05, 0.1) is 11.6 Å². The van der Waals surface area contributed by atoms with Crippen LogP contribution in [0.3, 0.4) is 0 Å². The topological polar surface area (TPSA) is 73.3 Å². The highest BCUT2D eigenvalue weighted by Crippen LogP contribution is 2.31. The van der Waals surface area contributed by atoms with Gasteiger partial charge in [-0.15, -0.1) is 0 Å². The number of rotatable bonds is 3. The highest BCUT2D eigenvalue weighted by Gasteiger charge is 2.10. The van der Waals surface area contributed by atoms with Gasteiger partial charge in [-0.1, -0.05) is 12.1 Å². The third-order valence-corrected chi connectivity index (χ3v) is 3.25. The summed E-state index contributed by atoms with van der Waals surface area (Å²) in [5.41, 5.74) is 8.82. The van der Waals surface area contributed by atoms with E-state index in [0.29, 0.717) is 11.1 Å². The van der Waals surface area contributed by atoms with Crippen LogP contribution in [0.4, 0.5) is 11.4 Å². The van der Waals surface area contributed by atoms with Gasteiger partial charge in [-0.2, -0.15) is 5.26 Å². The number of phenols is 1. The first-order valence-corrected chi connectivity index (χ1v) is 6.35. The summed E-state index contributed by atoms with van der Waals surface area (Å²) in [6.45, 7) is 1.83. The summed E-state index contributed by atoms with van der Waals surface area (Å²) in [5, 5.41) is 18.9. The van der Waals surface area contributed by atoms with Gasteiger partial charge in [-0.05, 0) is 31.2 Å². The third-order valence-electron chi connectivity index (χ3n) is 3.25. The molecule has 4 nitrogen and oxygen atoms in total. The lowest BCUT2D eigenvalue weighted by Crippen LogP contribution is -2.10. The molecule has 0 aliphatic carbocycles. The van der Waals surface area contributed by atoms with E-state index >= 15 is 0 Å². The van der Waals surface area contributed by atoms with Gasteiger partial charge in [0.25, 0.3) is 0 Å². The maximum absolute atomic E-state index is 10.00. The van der Waals surface area contributed by atoms with Crippen LogP contribution in [0.2, 0.25) is 0 Å². The van der Waals surface area contributed by atoms with Crippen molar-refractivity contribution in [2.24, 2.45) is 5.73 Å². The van der Waals surface area contributed by atoms with Crippen LogP contribution in [0, 0.1) is 11.3 Å². The van der Waals surface area contributed by atoms with E-state index in [9.17, 15) is 5.11 Å². The summed E-state index contributed by atoms with van der Waals surface area (Å²) in [4.78, 5) is 1.91. The average Bonchev–Trinajstić information content (AvgIpc) is 2.46. The van der Waals surface area contributed by atoms with Crippen molar-refractivity contribution < 1.29 is 5.11 Å². The molecular weight excluding hydrogens is 250 g/mol. The Balaban J connectivity index is 2.36. The standard InChI is InChI=1S/C16H17N3O/c1-11(18)15-7-6-14(9-16(15)20)19(2)13-5-3-4-12(8-13)10-17/h3-9,11,20H,18H2,1-2H3. The molecule has 102 valence electrons. The predicted molar refractivity (Wildman–Crippen MR) is 79.9 cm³/mol. The number of benzene rings is 2. The molecule has 3 N–H and O–H groups in total. The van der Waals surface area contributed by atoms with E-state index in [4.69, 9.17) is 11.0 Å². The van der Waals surface area contributed by atoms with E-state index in [1.807, 2.05) is 43.1 Å². The lowest BCUT2D eigenvalue weighted by atomic mass is 10.1. The fourth-order valence-electron chi connectivity index (χ4n) is 2.06. The first kappa shape index (κ1) is 13.9. The van der Waals surface area contributed by atoms with Crippen molar-refractivity contribution in [1.29, 1.82) is 5.26 Å². The molecule has 1 unspecified atom stereocenters. The number of aromatic hydroxyl groups is 1. The summed E-state index contributed by atoms with van der Waals surface area (Å²) in [6.07, 6.45) is 0. The molecule has 0 saturated carbocycles. The summed E-state index contributed by atoms with van der Waals surface area (Å²) in [7, 11) is 1.89. The largest absolute Gasteiger partial charge is 0.508 e. The van der Waals surface area contributed by atoms with Crippen LogP contribution in [0.15, 0.2) is 42.5 Å². The molecule has 2 rings (SSSR count). The van der Waals surface area contributed by atoms with Gasteiger partial charge >= 0.3 is 0 Å². The first-order chi connectivity index (χ1) is 9.52. The smallest absolute Gasteiger partial charge is 0.122 e. The van der Waals surface area contributed by atoms with Gasteiger partial charge in [0.1, 0.15) is 5.75 Å². The Bertz CT molecular complexity index is 659. The second-order valence-corrected chi connectivity index (χ2v) is 4.75. The van der Waals surface area contributed by atoms with E-state index in [1.54, 1.807) is 18.2 Å². The zero-order valence-electron chi connectivity index (χ0n) is 11.5. The van der Waals surface area contributed by atoms with Crippen molar-refractivity contribution in [3.63, 3.8) is 0 Å². The van der Waals surface area contributed by atoms with Gasteiger partial charge in [-0.25, -0.2) is 0 Å². The molecule has 0 aliphatic rings. The van der Waals surface area contributed by atoms with Crippen LogP contribution >= 0.6 is 0 Å². The van der Waals surface area contributed by atoms with Crippen LogP contribution in [-0.2, 0) is 0 Å². The SMILES string of the molecule is CC(N)c1ccc(N(C)c2cccc(C#N)c2)cc1O. The highest BCUT2D eigenvalue weighted by molar-refractivity contribution is 5.66. The van der Waals surface area contributed by atoms with Crippen molar-refractivity contribution in [2.75, 3.05) is 11.9 Å². The zero-order valence-corrected chi connectivity index (χ0v) is 11.5. The zero-order chi connectivity index (χ0) is 14.7. The minimum Gasteiger partial charge on any atom is -0.508 e. The number of anilines is 2. The molecule has 0 amide bonds. The quantitative estimate of drug-likeness (QED) is 0.896. The molecular formula is C16H17N3O. The predicted octanol–water partition coefficient (Wildman–Crippen LogP) is 3.05. The van der Waals surface area contributed by atoms with Crippen molar-refractivity contribution >= 4 is 11.4 Å². The van der Waals surface area contributed by atoms with Crippen LogP contribution in [-0.4, -0.2) is 12.2 Å². The molecule has 2 aromatic carbocycles. The second-order valence-electron chi connectivity index (χ2n) is 4.75. The molecule has 0 aliphatic heterocycles. The molecule has 0 aromatic heterocycles. The van der Waals surface area contributed by atoms with Crippen LogP contribution < -0.4 is 10.6 Å². The minimum absolute atomic E-state index is 0.181. The number of hydrogen-bond donors (Lipinski definition) is 2. The maximum atomic E-state index is 10.00. The lowest BCUT2D eigenvalue weighted by molar-refractivity contribution is 0.464. The van der Waals surface area contributed by atoms with Gasteiger partial charge in [0, 0.05) is 36.1 Å². The number of nitrogens with zero attached hydrogens (tertiary/aromatic N) is 2. The van der Waals surface area contributed by atoms with Gasteiger partial charge in [-0.3, -0.25) is 0 Å². The minimum atomic E-state index is -0.212. The molecule has 0 saturated heterocycles. The fourth-order valence-corrected chi connectivity index (χ4v) is 2.06. The summed E-state index contributed by atoms with van der Waals surface area (Å²) in [5.74, 6) is 0.181. The number of nitrogens with two attached hydrogens (primary N) is 1. The Hall–Kier alpha value is -2.51. The van der Waals surface area contributed by atoms with Crippen molar-refractivity contribution in [1.82, 2.24) is 0 Å². The van der Waals surface area contributed by atoms with Gasteiger partial charge in [0.2, 0.25) is 0 Å². The lowest BCUT2D eigenvalue weighted by Gasteiger charge is -2.21. The molecule has 0 bridgehead atoms. The Kier molecular flexibility index (Phi) is 3.92. The van der Waals surface area contributed by atoms with E-state index in [1.165, 1.54) is 0 Å². The molecule has 20 heavy (non-hydrogen) atoms. The molecule has 2 aromatic rings. The van der Waals surface area contributed by atoms with E-state index in [0.717, 1.165) is 11.4 Å². The van der Waals surface area contributed by atoms with Crippen molar-refractivity contribution in [3.8, 4) is 11.8 Å². The molecule has 0 spiro atoms. The van der Waals surface area contributed by atoms with Crippen molar-refractivity contribution in [2.45, 2.75) is 13.0 Å². The Morgan fingerprint density at radius 2 is 1.90 bits per heavy atom. The average molecular weight is 267 g/mol. The van der Waals surface area contributed by atoms with Gasteiger partial charge in [0.15, 0.2) is 0 Å². The normalized spacial score (nSPS) is 11.7. The molecule has 4 heteroatoms. The summed E-state index contributed by atoms with van der Waals surface area (Å²) < 4.78 is 0. The number of hydrogen-bond acceptors (Lipinski definition) is 4. The second kappa shape index (κ2) is 5.64. The van der Waals surface area contributed by atoms with Crippen molar-refractivity contribution in [3.05, 3.63) is 53.6 Å². The van der Waals surface area contributed by atoms with Gasteiger partial charge < -0.3 is 15.7 Å². The van der Waals surface area contributed by atoms with E-state index in [-0.39, 0.29) is 11.8 Å². The van der Waals surface area contributed by atoms with E-state index in [2.05, 4.69) is 6.07 Å². The van der Waals surface area contributed by atoms with Crippen LogP contribution in [0.25, 0.3) is 0 Å². The maximum Gasteiger partial charge on any atom is 0.122 e. The molecule has 0 heterocycles. The Morgan fingerprint density at radius 1 is 1.20 bits per heavy atom. The molecule has 0 radical (unpaired) electrons. The summed E-state index contributed by atoms with van der Waals surface area (Å²) >= 11 is 0. The number of nitriles is 1. The Labute approximate surface area is 118 Å².